The van der Waals surface area contributed by atoms with Crippen LogP contribution in [-0.4, -0.2) is 23.8 Å². The summed E-state index contributed by atoms with van der Waals surface area (Å²) in [5, 5.41) is 10.8. The molecule has 0 saturated carbocycles. The molecule has 1 fully saturated rings. The third-order valence-corrected chi connectivity index (χ3v) is 2.63. The lowest BCUT2D eigenvalue weighted by atomic mass is 10.2. The lowest BCUT2D eigenvalue weighted by Gasteiger charge is -2.14. The number of anilines is 1. The van der Waals surface area contributed by atoms with Gasteiger partial charge in [-0.25, -0.2) is 0 Å². The second-order valence-electron chi connectivity index (χ2n) is 3.77. The summed E-state index contributed by atoms with van der Waals surface area (Å²) >= 11 is 0. The second kappa shape index (κ2) is 4.44. The maximum Gasteiger partial charge on any atom is 0.275 e. The molecular weight excluding hydrogens is 240 g/mol. The minimum atomic E-state index is -0.600. The van der Waals surface area contributed by atoms with Crippen LogP contribution >= 0.6 is 0 Å². The van der Waals surface area contributed by atoms with Gasteiger partial charge < -0.3 is 4.74 Å². The highest BCUT2D eigenvalue weighted by Crippen LogP contribution is 2.31. The number of benzene rings is 1. The van der Waals surface area contributed by atoms with Crippen molar-refractivity contribution in [1.29, 1.82) is 0 Å². The van der Waals surface area contributed by atoms with E-state index >= 15 is 0 Å². The summed E-state index contributed by atoms with van der Waals surface area (Å²) < 4.78 is 4.92. The Morgan fingerprint density at radius 1 is 1.22 bits per heavy atom. The molecule has 1 heterocycles. The first-order chi connectivity index (χ1) is 8.52. The first-order valence-corrected chi connectivity index (χ1v) is 5.22. The number of non-ortho nitro benzene ring substituents is 1. The van der Waals surface area contributed by atoms with Crippen LogP contribution in [0.25, 0.3) is 0 Å². The van der Waals surface area contributed by atoms with E-state index in [1.807, 2.05) is 0 Å². The lowest BCUT2D eigenvalue weighted by molar-refractivity contribution is -0.384. The molecule has 0 atom stereocenters. The van der Waals surface area contributed by atoms with Gasteiger partial charge in [0, 0.05) is 25.0 Å². The first kappa shape index (κ1) is 12.0. The van der Waals surface area contributed by atoms with E-state index in [2.05, 4.69) is 0 Å². The maximum atomic E-state index is 11.6. The molecule has 7 heteroatoms. The van der Waals surface area contributed by atoms with Crippen molar-refractivity contribution in [3.05, 3.63) is 28.3 Å². The van der Waals surface area contributed by atoms with Crippen LogP contribution < -0.4 is 9.64 Å². The first-order valence-electron chi connectivity index (χ1n) is 5.22. The standard InChI is InChI=1S/C11H10N2O5/c1-18-9-5-7(4-8(6-9)13(16)17)12-10(14)2-3-11(12)15/h4-6H,2-3H2,1H3. The molecule has 0 aromatic heterocycles. The molecule has 2 amide bonds. The second-order valence-corrected chi connectivity index (χ2v) is 3.77. The number of nitro groups is 1. The number of methoxy groups -OCH3 is 1. The summed E-state index contributed by atoms with van der Waals surface area (Å²) in [6.07, 6.45) is 0.258. The van der Waals surface area contributed by atoms with Crippen molar-refractivity contribution in [3.8, 4) is 5.75 Å². The third kappa shape index (κ3) is 2.02. The number of nitro benzene ring substituents is 1. The van der Waals surface area contributed by atoms with Crippen molar-refractivity contribution in [2.45, 2.75) is 12.8 Å². The molecule has 1 aromatic rings. The number of hydrogen-bond donors (Lipinski definition) is 0. The Bertz CT molecular complexity index is 524. The monoisotopic (exact) mass is 250 g/mol. The van der Waals surface area contributed by atoms with Gasteiger partial charge in [0.15, 0.2) is 0 Å². The third-order valence-electron chi connectivity index (χ3n) is 2.63. The molecule has 1 aliphatic heterocycles. The van der Waals surface area contributed by atoms with Crippen LogP contribution in [0, 0.1) is 10.1 Å². The number of hydrogen-bond acceptors (Lipinski definition) is 5. The van der Waals surface area contributed by atoms with Crippen LogP contribution in [0.2, 0.25) is 0 Å². The van der Waals surface area contributed by atoms with Gasteiger partial charge in [0.25, 0.3) is 5.69 Å². The molecule has 0 radical (unpaired) electrons. The van der Waals surface area contributed by atoms with E-state index in [9.17, 15) is 19.7 Å². The van der Waals surface area contributed by atoms with Crippen LogP contribution in [0.15, 0.2) is 18.2 Å². The predicted molar refractivity (Wildman–Crippen MR) is 61.4 cm³/mol. The van der Waals surface area contributed by atoms with E-state index in [0.29, 0.717) is 0 Å². The Morgan fingerprint density at radius 3 is 2.33 bits per heavy atom. The SMILES string of the molecule is COc1cc(N2C(=O)CCC2=O)cc([N+](=O)[O-])c1. The number of carbonyl (C=O) groups excluding carboxylic acids is 2. The minimum absolute atomic E-state index is 0.129. The zero-order chi connectivity index (χ0) is 13.3. The smallest absolute Gasteiger partial charge is 0.275 e. The molecule has 0 N–H and O–H groups in total. The van der Waals surface area contributed by atoms with Crippen LogP contribution in [0.1, 0.15) is 12.8 Å². The highest BCUT2D eigenvalue weighted by atomic mass is 16.6. The quantitative estimate of drug-likeness (QED) is 0.457. The molecule has 1 saturated heterocycles. The van der Waals surface area contributed by atoms with Crippen LogP contribution in [0.4, 0.5) is 11.4 Å². The Morgan fingerprint density at radius 2 is 1.83 bits per heavy atom. The van der Waals surface area contributed by atoms with Gasteiger partial charge in [0.05, 0.1) is 23.8 Å². The van der Waals surface area contributed by atoms with Gasteiger partial charge in [-0.15, -0.1) is 0 Å². The Labute approximate surface area is 102 Å². The van der Waals surface area contributed by atoms with E-state index in [0.717, 1.165) is 4.90 Å². The van der Waals surface area contributed by atoms with Gasteiger partial charge in [-0.3, -0.25) is 24.6 Å². The summed E-state index contributed by atoms with van der Waals surface area (Å²) in [5.74, 6) is -0.489. The van der Waals surface area contributed by atoms with Crippen molar-refractivity contribution in [1.82, 2.24) is 0 Å². The molecule has 0 aliphatic carbocycles. The number of nitrogens with zero attached hydrogens (tertiary/aromatic N) is 2. The van der Waals surface area contributed by atoms with E-state index in [-0.39, 0.29) is 41.8 Å². The highest BCUT2D eigenvalue weighted by molar-refractivity contribution is 6.20. The number of rotatable bonds is 3. The molecular formula is C11H10N2O5. The van der Waals surface area contributed by atoms with Gasteiger partial charge in [0.1, 0.15) is 5.75 Å². The molecule has 2 rings (SSSR count). The molecule has 1 aliphatic rings. The topological polar surface area (TPSA) is 89.8 Å². The zero-order valence-electron chi connectivity index (χ0n) is 9.58. The molecule has 18 heavy (non-hydrogen) atoms. The fraction of sp³-hybridized carbons (Fsp3) is 0.273. The Kier molecular flexibility index (Phi) is 2.97. The molecule has 94 valence electrons. The van der Waals surface area contributed by atoms with Gasteiger partial charge in [0.2, 0.25) is 11.8 Å². The van der Waals surface area contributed by atoms with Crippen LogP contribution in [0.5, 0.6) is 5.75 Å². The van der Waals surface area contributed by atoms with Gasteiger partial charge in [-0.05, 0) is 0 Å². The van der Waals surface area contributed by atoms with E-state index in [1.54, 1.807) is 0 Å². The normalized spacial score (nSPS) is 15.1. The summed E-state index contributed by atoms with van der Waals surface area (Å²) in [4.78, 5) is 34.2. The summed E-state index contributed by atoms with van der Waals surface area (Å²) in [7, 11) is 1.36. The van der Waals surface area contributed by atoms with Gasteiger partial charge >= 0.3 is 0 Å². The molecule has 1 aromatic carbocycles. The van der Waals surface area contributed by atoms with Crippen molar-refractivity contribution < 1.29 is 19.2 Å². The Balaban J connectivity index is 2.49. The van der Waals surface area contributed by atoms with E-state index in [4.69, 9.17) is 4.74 Å². The molecule has 0 bridgehead atoms. The number of ether oxygens (including phenoxy) is 1. The summed E-state index contributed by atoms with van der Waals surface area (Å²) in [6, 6.07) is 3.84. The van der Waals surface area contributed by atoms with Crippen LogP contribution in [0.3, 0.4) is 0 Å². The average molecular weight is 250 g/mol. The molecule has 7 nitrogen and oxygen atoms in total. The zero-order valence-corrected chi connectivity index (χ0v) is 9.58. The predicted octanol–water partition coefficient (Wildman–Crippen LogP) is 1.26. The lowest BCUT2D eigenvalue weighted by Crippen LogP contribution is -2.28. The average Bonchev–Trinajstić information content (AvgIpc) is 2.68. The van der Waals surface area contributed by atoms with Gasteiger partial charge in [-0.2, -0.15) is 0 Å². The van der Waals surface area contributed by atoms with Crippen molar-refractivity contribution in [2.75, 3.05) is 12.0 Å². The Hall–Kier alpha value is -2.44. The minimum Gasteiger partial charge on any atom is -0.496 e. The molecule has 0 unspecified atom stereocenters. The number of amides is 2. The summed E-state index contributed by atoms with van der Waals surface area (Å²) in [6.45, 7) is 0. The van der Waals surface area contributed by atoms with Crippen molar-refractivity contribution in [2.24, 2.45) is 0 Å². The summed E-state index contributed by atoms with van der Waals surface area (Å²) in [5.41, 5.74) is -0.0506. The van der Waals surface area contributed by atoms with Gasteiger partial charge in [-0.1, -0.05) is 0 Å². The maximum absolute atomic E-state index is 11.6. The van der Waals surface area contributed by atoms with Crippen molar-refractivity contribution >= 4 is 23.2 Å². The number of carbonyl (C=O) groups is 2. The van der Waals surface area contributed by atoms with E-state index in [1.165, 1.54) is 25.3 Å². The fourth-order valence-corrected chi connectivity index (χ4v) is 1.78. The van der Waals surface area contributed by atoms with Crippen molar-refractivity contribution in [3.63, 3.8) is 0 Å². The highest BCUT2D eigenvalue weighted by Gasteiger charge is 2.31. The fourth-order valence-electron chi connectivity index (χ4n) is 1.78. The largest absolute Gasteiger partial charge is 0.496 e. The van der Waals surface area contributed by atoms with Crippen LogP contribution in [-0.2, 0) is 9.59 Å². The van der Waals surface area contributed by atoms with E-state index < -0.39 is 4.92 Å². The number of imide groups is 1. The molecule has 0 spiro atoms.